The number of benzene rings is 1. The summed E-state index contributed by atoms with van der Waals surface area (Å²) >= 11 is 3.49. The van der Waals surface area contributed by atoms with Gasteiger partial charge in [-0.15, -0.1) is 0 Å². The van der Waals surface area contributed by atoms with Gasteiger partial charge in [0, 0.05) is 28.1 Å². The standard InChI is InChI=1S/C11H12BrN/c1-7-8(2)13(3)11-5-4-9(12)6-10(7)11/h4-6H,1-3H3. The van der Waals surface area contributed by atoms with E-state index in [9.17, 15) is 0 Å². The second kappa shape index (κ2) is 2.88. The summed E-state index contributed by atoms with van der Waals surface area (Å²) in [5, 5.41) is 1.34. The van der Waals surface area contributed by atoms with Crippen LogP contribution in [-0.2, 0) is 7.05 Å². The van der Waals surface area contributed by atoms with Gasteiger partial charge in [-0.05, 0) is 37.6 Å². The van der Waals surface area contributed by atoms with Crippen LogP contribution in [0.15, 0.2) is 22.7 Å². The summed E-state index contributed by atoms with van der Waals surface area (Å²) in [6, 6.07) is 6.41. The van der Waals surface area contributed by atoms with E-state index in [1.165, 1.54) is 22.2 Å². The Hall–Kier alpha value is -0.760. The molecule has 0 fully saturated rings. The van der Waals surface area contributed by atoms with Gasteiger partial charge in [-0.1, -0.05) is 15.9 Å². The van der Waals surface area contributed by atoms with Crippen LogP contribution in [0.25, 0.3) is 10.9 Å². The van der Waals surface area contributed by atoms with Crippen LogP contribution in [0.2, 0.25) is 0 Å². The number of aromatic nitrogens is 1. The first-order valence-corrected chi connectivity index (χ1v) is 5.11. The highest BCUT2D eigenvalue weighted by atomic mass is 79.9. The lowest BCUT2D eigenvalue weighted by Crippen LogP contribution is -1.89. The average molecular weight is 238 g/mol. The first-order valence-electron chi connectivity index (χ1n) is 4.32. The number of hydrogen-bond acceptors (Lipinski definition) is 0. The number of rotatable bonds is 0. The van der Waals surface area contributed by atoms with Crippen LogP contribution in [0, 0.1) is 13.8 Å². The van der Waals surface area contributed by atoms with Crippen molar-refractivity contribution in [2.24, 2.45) is 7.05 Å². The molecule has 0 aliphatic heterocycles. The van der Waals surface area contributed by atoms with Crippen molar-refractivity contribution in [2.75, 3.05) is 0 Å². The predicted molar refractivity (Wildman–Crippen MR) is 60.1 cm³/mol. The summed E-state index contributed by atoms with van der Waals surface area (Å²) in [7, 11) is 2.11. The van der Waals surface area contributed by atoms with E-state index >= 15 is 0 Å². The van der Waals surface area contributed by atoms with Crippen LogP contribution in [-0.4, -0.2) is 4.57 Å². The SMILES string of the molecule is Cc1c(C)n(C)c2ccc(Br)cc12. The van der Waals surface area contributed by atoms with Crippen molar-refractivity contribution in [3.8, 4) is 0 Å². The van der Waals surface area contributed by atoms with Crippen molar-refractivity contribution < 1.29 is 0 Å². The van der Waals surface area contributed by atoms with Crippen molar-refractivity contribution >= 4 is 26.8 Å². The topological polar surface area (TPSA) is 4.93 Å². The van der Waals surface area contributed by atoms with E-state index in [1.807, 2.05) is 0 Å². The highest BCUT2D eigenvalue weighted by Gasteiger charge is 2.07. The first kappa shape index (κ1) is 8.82. The minimum atomic E-state index is 1.15. The molecule has 1 aromatic carbocycles. The fourth-order valence-corrected chi connectivity index (χ4v) is 2.09. The third-order valence-electron chi connectivity index (χ3n) is 2.77. The maximum absolute atomic E-state index is 3.49. The summed E-state index contributed by atoms with van der Waals surface area (Å²) < 4.78 is 3.38. The maximum Gasteiger partial charge on any atom is 0.0483 e. The molecule has 1 nitrogen and oxygen atoms in total. The minimum absolute atomic E-state index is 1.15. The van der Waals surface area contributed by atoms with Gasteiger partial charge in [0.2, 0.25) is 0 Å². The Labute approximate surface area is 86.5 Å². The molecule has 0 radical (unpaired) electrons. The zero-order valence-electron chi connectivity index (χ0n) is 8.06. The Morgan fingerprint density at radius 3 is 2.62 bits per heavy atom. The molecule has 0 bridgehead atoms. The van der Waals surface area contributed by atoms with E-state index in [0.29, 0.717) is 0 Å². The molecule has 0 amide bonds. The Bertz CT molecular complexity index is 468. The van der Waals surface area contributed by atoms with Gasteiger partial charge in [-0.2, -0.15) is 0 Å². The first-order chi connectivity index (χ1) is 6.11. The van der Waals surface area contributed by atoms with Gasteiger partial charge in [0.15, 0.2) is 0 Å². The van der Waals surface area contributed by atoms with Crippen molar-refractivity contribution in [1.29, 1.82) is 0 Å². The van der Waals surface area contributed by atoms with E-state index in [2.05, 4.69) is 59.6 Å². The minimum Gasteiger partial charge on any atom is -0.348 e. The molecule has 0 saturated heterocycles. The van der Waals surface area contributed by atoms with Crippen molar-refractivity contribution in [1.82, 2.24) is 4.57 Å². The second-order valence-corrected chi connectivity index (χ2v) is 4.35. The third-order valence-corrected chi connectivity index (χ3v) is 3.26. The Kier molecular flexibility index (Phi) is 1.95. The van der Waals surface area contributed by atoms with Crippen molar-refractivity contribution in [2.45, 2.75) is 13.8 Å². The molecule has 0 N–H and O–H groups in total. The highest BCUT2D eigenvalue weighted by Crippen LogP contribution is 2.26. The molecule has 2 aromatic rings. The van der Waals surface area contributed by atoms with Gasteiger partial charge >= 0.3 is 0 Å². The molecule has 1 heterocycles. The lowest BCUT2D eigenvalue weighted by atomic mass is 10.2. The zero-order chi connectivity index (χ0) is 9.59. The largest absolute Gasteiger partial charge is 0.348 e. The zero-order valence-corrected chi connectivity index (χ0v) is 9.64. The molecular formula is C11H12BrN. The van der Waals surface area contributed by atoms with E-state index in [-0.39, 0.29) is 0 Å². The fourth-order valence-electron chi connectivity index (χ4n) is 1.73. The van der Waals surface area contributed by atoms with Gasteiger partial charge in [-0.25, -0.2) is 0 Å². The predicted octanol–water partition coefficient (Wildman–Crippen LogP) is 3.56. The number of aryl methyl sites for hydroxylation is 2. The summed E-state index contributed by atoms with van der Waals surface area (Å²) in [4.78, 5) is 0. The third kappa shape index (κ3) is 1.20. The average Bonchev–Trinajstić information content (AvgIpc) is 2.32. The molecule has 0 aliphatic rings. The van der Waals surface area contributed by atoms with Gasteiger partial charge in [-0.3, -0.25) is 0 Å². The quantitative estimate of drug-likeness (QED) is 0.661. The second-order valence-electron chi connectivity index (χ2n) is 3.43. The van der Waals surface area contributed by atoms with Gasteiger partial charge in [0.1, 0.15) is 0 Å². The van der Waals surface area contributed by atoms with Crippen molar-refractivity contribution in [3.05, 3.63) is 33.9 Å². The Morgan fingerprint density at radius 1 is 1.23 bits per heavy atom. The van der Waals surface area contributed by atoms with Crippen LogP contribution < -0.4 is 0 Å². The monoisotopic (exact) mass is 237 g/mol. The van der Waals surface area contributed by atoms with E-state index in [0.717, 1.165) is 4.47 Å². The smallest absolute Gasteiger partial charge is 0.0483 e. The summed E-state index contributed by atoms with van der Waals surface area (Å²) in [5.74, 6) is 0. The summed E-state index contributed by atoms with van der Waals surface area (Å²) in [5.41, 5.74) is 4.02. The summed E-state index contributed by atoms with van der Waals surface area (Å²) in [6.07, 6.45) is 0. The molecule has 0 saturated carbocycles. The lowest BCUT2D eigenvalue weighted by Gasteiger charge is -1.97. The van der Waals surface area contributed by atoms with Crippen LogP contribution >= 0.6 is 15.9 Å². The molecule has 68 valence electrons. The Morgan fingerprint density at radius 2 is 1.92 bits per heavy atom. The molecule has 2 heteroatoms. The van der Waals surface area contributed by atoms with Gasteiger partial charge < -0.3 is 4.57 Å². The summed E-state index contributed by atoms with van der Waals surface area (Å²) in [6.45, 7) is 4.33. The Balaban J connectivity index is 2.95. The number of halogens is 1. The number of fused-ring (bicyclic) bond motifs is 1. The normalized spacial score (nSPS) is 11.1. The fraction of sp³-hybridized carbons (Fsp3) is 0.273. The molecule has 0 spiro atoms. The molecule has 0 aliphatic carbocycles. The molecule has 0 unspecified atom stereocenters. The molecule has 1 aromatic heterocycles. The maximum atomic E-state index is 3.49. The van der Waals surface area contributed by atoms with Crippen LogP contribution in [0.1, 0.15) is 11.3 Å². The van der Waals surface area contributed by atoms with Crippen molar-refractivity contribution in [3.63, 3.8) is 0 Å². The van der Waals surface area contributed by atoms with E-state index in [4.69, 9.17) is 0 Å². The molecular weight excluding hydrogens is 226 g/mol. The molecule has 13 heavy (non-hydrogen) atoms. The molecule has 2 rings (SSSR count). The molecule has 0 atom stereocenters. The van der Waals surface area contributed by atoms with Crippen LogP contribution in [0.4, 0.5) is 0 Å². The van der Waals surface area contributed by atoms with Crippen LogP contribution in [0.5, 0.6) is 0 Å². The van der Waals surface area contributed by atoms with Gasteiger partial charge in [0.05, 0.1) is 0 Å². The highest BCUT2D eigenvalue weighted by molar-refractivity contribution is 9.10. The van der Waals surface area contributed by atoms with E-state index < -0.39 is 0 Å². The number of hydrogen-bond donors (Lipinski definition) is 0. The van der Waals surface area contributed by atoms with Crippen LogP contribution in [0.3, 0.4) is 0 Å². The number of nitrogens with zero attached hydrogens (tertiary/aromatic N) is 1. The van der Waals surface area contributed by atoms with Gasteiger partial charge in [0.25, 0.3) is 0 Å². The lowest BCUT2D eigenvalue weighted by molar-refractivity contribution is 0.910. The van der Waals surface area contributed by atoms with E-state index in [1.54, 1.807) is 0 Å².